The molecule has 6 atom stereocenters. The Balaban J connectivity index is 1.31. The second-order valence-electron chi connectivity index (χ2n) is 12.0. The van der Waals surface area contributed by atoms with E-state index in [1.807, 2.05) is 18.2 Å². The summed E-state index contributed by atoms with van der Waals surface area (Å²) in [5.74, 6) is -5.55. The summed E-state index contributed by atoms with van der Waals surface area (Å²) in [6.45, 7) is 2.77. The number of morpholine rings is 1. The first-order chi connectivity index (χ1) is 21.6. The number of fused-ring (bicyclic) bond motifs is 4. The first-order valence-corrected chi connectivity index (χ1v) is 16.6. The third-order valence-electron chi connectivity index (χ3n) is 10.1. The predicted octanol–water partition coefficient (Wildman–Crippen LogP) is 4.15. The Kier molecular flexibility index (Phi) is 7.46. The molecule has 2 aliphatic carbocycles. The number of hydrogen-bond acceptors (Lipinski definition) is 8. The third-order valence-corrected chi connectivity index (χ3v) is 12.0. The Hall–Kier alpha value is -3.12. The van der Waals surface area contributed by atoms with Crippen LogP contribution in [-0.4, -0.2) is 82.3 Å². The summed E-state index contributed by atoms with van der Waals surface area (Å²) in [4.78, 5) is 56.3. The number of phenols is 1. The Morgan fingerprint density at radius 3 is 2.33 bits per heavy atom. The number of ether oxygens (including phenoxy) is 2. The zero-order valence-electron chi connectivity index (χ0n) is 24.3. The molecule has 4 fully saturated rings. The lowest BCUT2D eigenvalue weighted by molar-refractivity contribution is -0.138. The van der Waals surface area contributed by atoms with Gasteiger partial charge in [-0.15, -0.1) is 23.2 Å². The number of nitrogens with zero attached hydrogens (tertiary/aromatic N) is 3. The number of likely N-dealkylation sites (tertiary alicyclic amines) is 1. The average molecular weight is 719 g/mol. The van der Waals surface area contributed by atoms with E-state index in [1.54, 1.807) is 30.3 Å². The Morgan fingerprint density at radius 1 is 0.978 bits per heavy atom. The number of imide groups is 2. The quantitative estimate of drug-likeness (QED) is 0.212. The summed E-state index contributed by atoms with van der Waals surface area (Å²) in [6, 6.07) is 12.1. The van der Waals surface area contributed by atoms with Gasteiger partial charge in [-0.05, 0) is 49.1 Å². The lowest BCUT2D eigenvalue weighted by Crippen LogP contribution is -2.60. The fraction of sp³-hybridized carbons (Fsp3) is 0.438. The number of benzene rings is 2. The minimum absolute atomic E-state index is 0.133. The zero-order chi connectivity index (χ0) is 31.8. The lowest BCUT2D eigenvalue weighted by Gasteiger charge is -2.50. The number of alkyl halides is 3. The standard InChI is InChI=1S/C32H30BrCl2N3O7/c1-44-23-4-2-3-21(26(23)39)25-19-9-10-20-24(22(19)15-31(34)29(42)37(16-33)30(43)32(25,31)35)28(41)38(27(20)40)18-7-5-17(6-8-18)36-11-13-45-14-12-36/h2-9,20,22,24-25,39H,10-16H2,1H3/t20-,22+,24-,25+,31+,32-/m0/s1. The fourth-order valence-electron chi connectivity index (χ4n) is 7.92. The van der Waals surface area contributed by atoms with Crippen molar-refractivity contribution in [2.75, 3.05) is 48.7 Å². The minimum atomic E-state index is -2.01. The van der Waals surface area contributed by atoms with Gasteiger partial charge < -0.3 is 19.5 Å². The van der Waals surface area contributed by atoms with Crippen molar-refractivity contribution in [3.05, 3.63) is 59.7 Å². The third kappa shape index (κ3) is 4.16. The SMILES string of the molecule is COc1cccc([C@H]2C3=CC[C@@H]4C(=O)N(c5ccc(N6CCOCC6)cc5)C(=O)[C@@H]4[C@@H]3C[C@@]3(Cl)C(=O)N(CBr)C(=O)[C@@]23Cl)c1O. The number of anilines is 2. The van der Waals surface area contributed by atoms with Gasteiger partial charge in [0.2, 0.25) is 11.8 Å². The maximum absolute atomic E-state index is 14.3. The number of methoxy groups -OCH3 is 1. The number of aromatic hydroxyl groups is 1. The van der Waals surface area contributed by atoms with Gasteiger partial charge in [0.1, 0.15) is 0 Å². The monoisotopic (exact) mass is 717 g/mol. The van der Waals surface area contributed by atoms with Crippen LogP contribution in [0.2, 0.25) is 0 Å². The summed E-state index contributed by atoms with van der Waals surface area (Å²) >= 11 is 17.7. The molecule has 3 aliphatic heterocycles. The van der Waals surface area contributed by atoms with Crippen LogP contribution in [0.1, 0.15) is 24.3 Å². The molecular weight excluding hydrogens is 689 g/mol. The maximum atomic E-state index is 14.3. The Labute approximate surface area is 277 Å². The summed E-state index contributed by atoms with van der Waals surface area (Å²) in [6.07, 6.45) is 1.92. The molecule has 236 valence electrons. The summed E-state index contributed by atoms with van der Waals surface area (Å²) < 4.78 is 10.8. The van der Waals surface area contributed by atoms with Crippen molar-refractivity contribution < 1.29 is 33.8 Å². The van der Waals surface area contributed by atoms with E-state index in [9.17, 15) is 24.3 Å². The van der Waals surface area contributed by atoms with Crippen LogP contribution >= 0.6 is 39.1 Å². The molecular formula is C32H30BrCl2N3O7. The van der Waals surface area contributed by atoms with Crippen LogP contribution in [0.4, 0.5) is 11.4 Å². The maximum Gasteiger partial charge on any atom is 0.254 e. The van der Waals surface area contributed by atoms with E-state index < -0.39 is 51.1 Å². The van der Waals surface area contributed by atoms with Gasteiger partial charge in [-0.25, -0.2) is 0 Å². The van der Waals surface area contributed by atoms with Crippen LogP contribution in [0.25, 0.3) is 0 Å². The highest BCUT2D eigenvalue weighted by atomic mass is 79.9. The number of amides is 4. The van der Waals surface area contributed by atoms with Gasteiger partial charge >= 0.3 is 0 Å². The Bertz CT molecular complexity index is 1650. The number of rotatable bonds is 5. The molecule has 7 rings (SSSR count). The molecule has 0 spiro atoms. The van der Waals surface area contributed by atoms with Gasteiger partial charge in [0.15, 0.2) is 21.2 Å². The molecule has 1 saturated carbocycles. The normalized spacial score (nSPS) is 32.8. The topological polar surface area (TPSA) is 117 Å². The molecule has 13 heteroatoms. The second-order valence-corrected chi connectivity index (χ2v) is 13.8. The van der Waals surface area contributed by atoms with Crippen LogP contribution in [0.3, 0.4) is 0 Å². The second kappa shape index (κ2) is 11.0. The lowest BCUT2D eigenvalue weighted by atomic mass is 9.56. The highest BCUT2D eigenvalue weighted by Crippen LogP contribution is 2.66. The summed E-state index contributed by atoms with van der Waals surface area (Å²) in [5.41, 5.74) is 2.13. The minimum Gasteiger partial charge on any atom is -0.504 e. The molecule has 0 unspecified atom stereocenters. The smallest absolute Gasteiger partial charge is 0.254 e. The molecule has 0 radical (unpaired) electrons. The van der Waals surface area contributed by atoms with Crippen molar-refractivity contribution in [3.63, 3.8) is 0 Å². The number of phenolic OH excluding ortho intramolecular Hbond substituents is 1. The zero-order valence-corrected chi connectivity index (χ0v) is 27.3. The first-order valence-electron chi connectivity index (χ1n) is 14.7. The van der Waals surface area contributed by atoms with Crippen molar-refractivity contribution in [2.24, 2.45) is 17.8 Å². The molecule has 2 aromatic carbocycles. The number of allylic oxidation sites excluding steroid dienone is 2. The van der Waals surface area contributed by atoms with Crippen molar-refractivity contribution in [1.29, 1.82) is 0 Å². The molecule has 45 heavy (non-hydrogen) atoms. The summed E-state index contributed by atoms with van der Waals surface area (Å²) in [7, 11) is 1.40. The highest BCUT2D eigenvalue weighted by molar-refractivity contribution is 9.09. The van der Waals surface area contributed by atoms with E-state index >= 15 is 0 Å². The number of hydrogen-bond donors (Lipinski definition) is 1. The van der Waals surface area contributed by atoms with Gasteiger partial charge in [-0.1, -0.05) is 39.7 Å². The molecule has 1 N–H and O–H groups in total. The average Bonchev–Trinajstić information content (AvgIpc) is 3.39. The van der Waals surface area contributed by atoms with Gasteiger partial charge in [-0.2, -0.15) is 0 Å². The molecule has 4 amide bonds. The molecule has 10 nitrogen and oxygen atoms in total. The van der Waals surface area contributed by atoms with Gasteiger partial charge in [0.05, 0.1) is 43.3 Å². The van der Waals surface area contributed by atoms with Crippen molar-refractivity contribution in [2.45, 2.75) is 28.5 Å². The van der Waals surface area contributed by atoms with Gasteiger partial charge in [-0.3, -0.25) is 29.0 Å². The van der Waals surface area contributed by atoms with E-state index in [-0.39, 0.29) is 41.3 Å². The molecule has 0 aromatic heterocycles. The fourth-order valence-corrected chi connectivity index (χ4v) is 9.34. The van der Waals surface area contributed by atoms with Gasteiger partial charge in [0, 0.05) is 30.3 Å². The van der Waals surface area contributed by atoms with Gasteiger partial charge in [0.25, 0.3) is 11.8 Å². The highest BCUT2D eigenvalue weighted by Gasteiger charge is 2.76. The number of carbonyl (C=O) groups is 4. The molecule has 5 aliphatic rings. The largest absolute Gasteiger partial charge is 0.504 e. The number of carbonyl (C=O) groups excluding carboxylic acids is 4. The molecule has 3 saturated heterocycles. The number of para-hydroxylation sites is 1. The van der Waals surface area contributed by atoms with E-state index in [2.05, 4.69) is 20.8 Å². The number of halogens is 3. The van der Waals surface area contributed by atoms with Crippen LogP contribution in [0, 0.1) is 17.8 Å². The predicted molar refractivity (Wildman–Crippen MR) is 170 cm³/mol. The molecule has 3 heterocycles. The molecule has 0 bridgehead atoms. The first kappa shape index (κ1) is 30.5. The van der Waals surface area contributed by atoms with Crippen LogP contribution < -0.4 is 14.5 Å². The van der Waals surface area contributed by atoms with E-state index in [0.717, 1.165) is 23.7 Å². The Morgan fingerprint density at radius 2 is 1.67 bits per heavy atom. The van der Waals surface area contributed by atoms with E-state index in [4.69, 9.17) is 32.7 Å². The van der Waals surface area contributed by atoms with E-state index in [1.165, 1.54) is 12.0 Å². The van der Waals surface area contributed by atoms with Crippen molar-refractivity contribution in [1.82, 2.24) is 4.90 Å². The summed E-state index contributed by atoms with van der Waals surface area (Å²) in [5, 5.41) is 11.3. The molecule has 2 aromatic rings. The van der Waals surface area contributed by atoms with Crippen LogP contribution in [-0.2, 0) is 23.9 Å². The van der Waals surface area contributed by atoms with Crippen molar-refractivity contribution >= 4 is 74.1 Å². The van der Waals surface area contributed by atoms with Crippen LogP contribution in [0.15, 0.2) is 54.1 Å². The van der Waals surface area contributed by atoms with Crippen LogP contribution in [0.5, 0.6) is 11.5 Å². The van der Waals surface area contributed by atoms with Crippen molar-refractivity contribution in [3.8, 4) is 11.5 Å². The van der Waals surface area contributed by atoms with E-state index in [0.29, 0.717) is 24.5 Å².